The minimum absolute atomic E-state index is 0.180. The Morgan fingerprint density at radius 2 is 2.00 bits per heavy atom. The summed E-state index contributed by atoms with van der Waals surface area (Å²) in [6.07, 6.45) is 2.15. The monoisotopic (exact) mass is 296 g/mol. The van der Waals surface area contributed by atoms with Gasteiger partial charge in [-0.25, -0.2) is 0 Å². The molecule has 21 heavy (non-hydrogen) atoms. The Bertz CT molecular complexity index is 309. The third-order valence-corrected chi connectivity index (χ3v) is 4.77. The van der Waals surface area contributed by atoms with Gasteiger partial charge in [-0.05, 0) is 31.8 Å². The van der Waals surface area contributed by atoms with Crippen LogP contribution in [-0.2, 0) is 4.79 Å². The number of carbonyl (C=O) groups excluding carboxylic acids is 1. The van der Waals surface area contributed by atoms with Gasteiger partial charge in [0, 0.05) is 45.8 Å². The van der Waals surface area contributed by atoms with Gasteiger partial charge in [-0.1, -0.05) is 13.8 Å². The Balaban J connectivity index is 1.61. The van der Waals surface area contributed by atoms with Gasteiger partial charge in [0.2, 0.25) is 5.91 Å². The smallest absolute Gasteiger partial charge is 0.224 e. The number of piperazine rings is 1. The van der Waals surface area contributed by atoms with E-state index in [2.05, 4.69) is 34.3 Å². The predicted molar refractivity (Wildman–Crippen MR) is 86.3 cm³/mol. The zero-order valence-corrected chi connectivity index (χ0v) is 13.7. The molecule has 122 valence electrons. The van der Waals surface area contributed by atoms with Crippen molar-refractivity contribution >= 4 is 5.91 Å². The summed E-state index contributed by atoms with van der Waals surface area (Å²) in [7, 11) is 0. The van der Waals surface area contributed by atoms with Gasteiger partial charge in [-0.3, -0.25) is 4.79 Å². The molecule has 0 radical (unpaired) electrons. The Morgan fingerprint density at radius 1 is 1.29 bits per heavy atom. The summed E-state index contributed by atoms with van der Waals surface area (Å²) in [5.74, 6) is 0.947. The van der Waals surface area contributed by atoms with Crippen LogP contribution in [0.2, 0.25) is 0 Å². The molecular formula is C16H32N4O. The summed E-state index contributed by atoms with van der Waals surface area (Å²) < 4.78 is 0. The lowest BCUT2D eigenvalue weighted by Crippen LogP contribution is -2.48. The third-order valence-electron chi connectivity index (χ3n) is 4.77. The molecule has 2 unspecified atom stereocenters. The number of rotatable bonds is 6. The zero-order valence-electron chi connectivity index (χ0n) is 13.7. The summed E-state index contributed by atoms with van der Waals surface area (Å²) in [6.45, 7) is 14.1. The minimum atomic E-state index is 0.180. The van der Waals surface area contributed by atoms with E-state index in [1.54, 1.807) is 0 Å². The van der Waals surface area contributed by atoms with Crippen LogP contribution in [0.5, 0.6) is 0 Å². The highest BCUT2D eigenvalue weighted by molar-refractivity contribution is 5.78. The largest absolute Gasteiger partial charge is 0.356 e. The molecule has 5 nitrogen and oxygen atoms in total. The fourth-order valence-corrected chi connectivity index (χ4v) is 3.29. The number of carbonyl (C=O) groups is 1. The van der Waals surface area contributed by atoms with Crippen LogP contribution in [0.25, 0.3) is 0 Å². The van der Waals surface area contributed by atoms with E-state index < -0.39 is 0 Å². The lowest BCUT2D eigenvalue weighted by atomic mass is 9.98. The molecule has 2 heterocycles. The molecule has 0 aromatic heterocycles. The summed E-state index contributed by atoms with van der Waals surface area (Å²) in [5.41, 5.74) is 0. The number of piperidine rings is 1. The van der Waals surface area contributed by atoms with Crippen molar-refractivity contribution < 1.29 is 4.79 Å². The Kier molecular flexibility index (Phi) is 6.93. The van der Waals surface area contributed by atoms with E-state index in [0.29, 0.717) is 5.92 Å². The van der Waals surface area contributed by atoms with E-state index >= 15 is 0 Å². The quantitative estimate of drug-likeness (QED) is 0.744. The van der Waals surface area contributed by atoms with Crippen molar-refractivity contribution in [3.8, 4) is 0 Å². The van der Waals surface area contributed by atoms with Crippen molar-refractivity contribution in [3.05, 3.63) is 0 Å². The van der Waals surface area contributed by atoms with Gasteiger partial charge < -0.3 is 20.4 Å². The van der Waals surface area contributed by atoms with Crippen LogP contribution in [0.4, 0.5) is 0 Å². The van der Waals surface area contributed by atoms with Crippen LogP contribution in [0, 0.1) is 11.8 Å². The molecule has 0 spiro atoms. The number of amides is 1. The molecule has 2 aliphatic heterocycles. The molecule has 0 bridgehead atoms. The van der Waals surface area contributed by atoms with Crippen LogP contribution in [0.3, 0.4) is 0 Å². The maximum atomic E-state index is 12.1. The minimum Gasteiger partial charge on any atom is -0.356 e. The average Bonchev–Trinajstić information content (AvgIpc) is 2.54. The molecule has 2 saturated heterocycles. The second-order valence-electron chi connectivity index (χ2n) is 6.63. The van der Waals surface area contributed by atoms with E-state index in [1.165, 1.54) is 26.2 Å². The maximum Gasteiger partial charge on any atom is 0.224 e. The third kappa shape index (κ3) is 5.57. The Hall–Kier alpha value is -0.650. The number of nitrogens with zero attached hydrogens (tertiary/aromatic N) is 2. The van der Waals surface area contributed by atoms with Gasteiger partial charge in [0.15, 0.2) is 0 Å². The Labute approximate surface area is 129 Å². The molecule has 0 aromatic carbocycles. The molecule has 0 saturated carbocycles. The number of nitrogens with one attached hydrogen (secondary N) is 2. The molecule has 1 amide bonds. The summed E-state index contributed by atoms with van der Waals surface area (Å²) in [5, 5.41) is 6.45. The standard InChI is InChI=1S/C16H32N4O/c1-3-19-7-9-20(10-8-19)13-14(2)11-18-16(21)15-5-4-6-17-12-15/h14-15,17H,3-13H2,1-2H3,(H,18,21). The second kappa shape index (κ2) is 8.71. The summed E-state index contributed by atoms with van der Waals surface area (Å²) in [6, 6.07) is 0. The molecule has 2 aliphatic rings. The fourth-order valence-electron chi connectivity index (χ4n) is 3.29. The van der Waals surface area contributed by atoms with Gasteiger partial charge in [0.05, 0.1) is 5.92 Å². The predicted octanol–water partition coefficient (Wildman–Crippen LogP) is 0.376. The maximum absolute atomic E-state index is 12.1. The van der Waals surface area contributed by atoms with E-state index in [1.807, 2.05) is 0 Å². The van der Waals surface area contributed by atoms with Gasteiger partial charge in [0.1, 0.15) is 0 Å². The highest BCUT2D eigenvalue weighted by atomic mass is 16.1. The molecule has 2 fully saturated rings. The van der Waals surface area contributed by atoms with E-state index in [4.69, 9.17) is 0 Å². The van der Waals surface area contributed by atoms with Crippen molar-refractivity contribution in [1.82, 2.24) is 20.4 Å². The topological polar surface area (TPSA) is 47.6 Å². The van der Waals surface area contributed by atoms with Gasteiger partial charge in [-0.2, -0.15) is 0 Å². The number of likely N-dealkylation sites (N-methyl/N-ethyl adjacent to an activating group) is 1. The lowest BCUT2D eigenvalue weighted by molar-refractivity contribution is -0.125. The molecule has 2 rings (SSSR count). The first-order valence-corrected chi connectivity index (χ1v) is 8.62. The molecule has 2 atom stereocenters. The molecule has 0 aliphatic carbocycles. The van der Waals surface area contributed by atoms with Crippen LogP contribution >= 0.6 is 0 Å². The van der Waals surface area contributed by atoms with E-state index in [9.17, 15) is 4.79 Å². The van der Waals surface area contributed by atoms with Crippen LogP contribution in [0.1, 0.15) is 26.7 Å². The molecular weight excluding hydrogens is 264 g/mol. The first kappa shape index (κ1) is 16.7. The van der Waals surface area contributed by atoms with Gasteiger partial charge in [-0.15, -0.1) is 0 Å². The summed E-state index contributed by atoms with van der Waals surface area (Å²) in [4.78, 5) is 17.1. The van der Waals surface area contributed by atoms with Crippen LogP contribution in [-0.4, -0.2) is 74.6 Å². The number of hydrogen-bond acceptors (Lipinski definition) is 4. The zero-order chi connectivity index (χ0) is 15.1. The number of hydrogen-bond donors (Lipinski definition) is 2. The second-order valence-corrected chi connectivity index (χ2v) is 6.63. The van der Waals surface area contributed by atoms with Crippen molar-refractivity contribution in [3.63, 3.8) is 0 Å². The van der Waals surface area contributed by atoms with Crippen LogP contribution in [0.15, 0.2) is 0 Å². The molecule has 5 heteroatoms. The normalized spacial score (nSPS) is 26.5. The van der Waals surface area contributed by atoms with Gasteiger partial charge in [0.25, 0.3) is 0 Å². The van der Waals surface area contributed by atoms with Crippen molar-refractivity contribution in [2.24, 2.45) is 11.8 Å². The first-order chi connectivity index (χ1) is 10.2. The van der Waals surface area contributed by atoms with Crippen LogP contribution < -0.4 is 10.6 Å². The lowest BCUT2D eigenvalue weighted by Gasteiger charge is -2.35. The first-order valence-electron chi connectivity index (χ1n) is 8.62. The SMILES string of the molecule is CCN1CCN(CC(C)CNC(=O)C2CCCNC2)CC1. The van der Waals surface area contributed by atoms with Gasteiger partial charge >= 0.3 is 0 Å². The van der Waals surface area contributed by atoms with E-state index in [-0.39, 0.29) is 11.8 Å². The van der Waals surface area contributed by atoms with Crippen molar-refractivity contribution in [2.45, 2.75) is 26.7 Å². The summed E-state index contributed by atoms with van der Waals surface area (Å²) >= 11 is 0. The molecule has 0 aromatic rings. The fraction of sp³-hybridized carbons (Fsp3) is 0.938. The van der Waals surface area contributed by atoms with Crippen molar-refractivity contribution in [1.29, 1.82) is 0 Å². The average molecular weight is 296 g/mol. The molecule has 2 N–H and O–H groups in total. The van der Waals surface area contributed by atoms with Crippen molar-refractivity contribution in [2.75, 3.05) is 58.9 Å². The van der Waals surface area contributed by atoms with E-state index in [0.717, 1.165) is 45.6 Å². The highest BCUT2D eigenvalue weighted by Gasteiger charge is 2.22. The Morgan fingerprint density at radius 3 is 2.62 bits per heavy atom. The highest BCUT2D eigenvalue weighted by Crippen LogP contribution is 2.10.